The first-order valence-corrected chi connectivity index (χ1v) is 6.71. The Kier molecular flexibility index (Phi) is 5.98. The van der Waals surface area contributed by atoms with E-state index in [1.54, 1.807) is 26.1 Å². The van der Waals surface area contributed by atoms with Crippen molar-refractivity contribution >= 4 is 33.5 Å². The number of anilines is 1. The molecule has 1 aromatic carbocycles. The fraction of sp³-hybridized carbons (Fsp3) is 0.385. The van der Waals surface area contributed by atoms with Crippen molar-refractivity contribution in [2.75, 3.05) is 18.9 Å². The average Bonchev–Trinajstić information content (AvgIpc) is 2.28. The normalized spacial score (nSPS) is 12.2. The topological polar surface area (TPSA) is 69.6 Å². The second-order valence-corrected chi connectivity index (χ2v) is 5.15. The van der Waals surface area contributed by atoms with Gasteiger partial charge in [0.25, 0.3) is 0 Å². The van der Waals surface area contributed by atoms with Gasteiger partial charge in [-0.2, -0.15) is 0 Å². The van der Waals surface area contributed by atoms with Gasteiger partial charge in [0.05, 0.1) is 6.54 Å². The number of halogens is 1. The van der Waals surface area contributed by atoms with Gasteiger partial charge in [0.2, 0.25) is 5.91 Å². The van der Waals surface area contributed by atoms with E-state index in [4.69, 9.17) is 5.11 Å². The van der Waals surface area contributed by atoms with Crippen LogP contribution < -0.4 is 5.32 Å². The monoisotopic (exact) mass is 328 g/mol. The fourth-order valence-corrected chi connectivity index (χ4v) is 2.18. The van der Waals surface area contributed by atoms with Crippen molar-refractivity contribution in [3.05, 3.63) is 28.7 Å². The molecular weight excluding hydrogens is 312 g/mol. The summed E-state index contributed by atoms with van der Waals surface area (Å²) in [5, 5.41) is 11.7. The summed E-state index contributed by atoms with van der Waals surface area (Å²) in [6.45, 7) is 1.82. The average molecular weight is 329 g/mol. The van der Waals surface area contributed by atoms with Gasteiger partial charge in [0.15, 0.2) is 0 Å². The predicted octanol–water partition coefficient (Wildman–Crippen LogP) is 2.18. The number of rotatable bonds is 6. The molecule has 6 heteroatoms. The van der Waals surface area contributed by atoms with E-state index in [2.05, 4.69) is 21.2 Å². The van der Waals surface area contributed by atoms with Crippen LogP contribution in [0.4, 0.5) is 5.69 Å². The van der Waals surface area contributed by atoms with Gasteiger partial charge in [-0.3, -0.25) is 14.5 Å². The summed E-state index contributed by atoms with van der Waals surface area (Å²) in [6, 6.07) is 6.59. The molecule has 0 saturated carbocycles. The summed E-state index contributed by atoms with van der Waals surface area (Å²) in [5.41, 5.74) is 0.677. The molecule has 0 radical (unpaired) electrons. The Labute approximate surface area is 120 Å². The first-order valence-electron chi connectivity index (χ1n) is 5.92. The largest absolute Gasteiger partial charge is 0.480 e. The molecule has 1 aromatic rings. The van der Waals surface area contributed by atoms with Gasteiger partial charge in [-0.15, -0.1) is 0 Å². The Morgan fingerprint density at radius 3 is 2.68 bits per heavy atom. The van der Waals surface area contributed by atoms with Crippen LogP contribution in [0.5, 0.6) is 0 Å². The zero-order chi connectivity index (χ0) is 14.4. The van der Waals surface area contributed by atoms with E-state index < -0.39 is 12.0 Å². The SMILES string of the molecule is CCC(C(=O)O)N(C)CC(=O)Nc1cccc(Br)c1. The van der Waals surface area contributed by atoms with Gasteiger partial charge in [-0.1, -0.05) is 28.9 Å². The van der Waals surface area contributed by atoms with Crippen LogP contribution in [0.1, 0.15) is 13.3 Å². The lowest BCUT2D eigenvalue weighted by Crippen LogP contribution is -2.42. The third-order valence-electron chi connectivity index (χ3n) is 2.71. The van der Waals surface area contributed by atoms with Crippen LogP contribution in [0.15, 0.2) is 28.7 Å². The number of nitrogens with zero attached hydrogens (tertiary/aromatic N) is 1. The van der Waals surface area contributed by atoms with E-state index in [-0.39, 0.29) is 12.5 Å². The number of aliphatic carboxylic acids is 1. The third kappa shape index (κ3) is 5.00. The Morgan fingerprint density at radius 1 is 1.47 bits per heavy atom. The standard InChI is InChI=1S/C13H17BrN2O3/c1-3-11(13(18)19)16(2)8-12(17)15-10-6-4-5-9(14)7-10/h4-7,11H,3,8H2,1-2H3,(H,15,17)(H,18,19). The maximum absolute atomic E-state index is 11.8. The van der Waals surface area contributed by atoms with Gasteiger partial charge in [0, 0.05) is 10.2 Å². The zero-order valence-corrected chi connectivity index (χ0v) is 12.5. The van der Waals surface area contributed by atoms with E-state index in [1.165, 1.54) is 4.90 Å². The fourth-order valence-electron chi connectivity index (χ4n) is 1.78. The number of amides is 1. The molecule has 19 heavy (non-hydrogen) atoms. The van der Waals surface area contributed by atoms with Crippen molar-refractivity contribution in [3.8, 4) is 0 Å². The smallest absolute Gasteiger partial charge is 0.320 e. The Bertz CT molecular complexity index is 465. The van der Waals surface area contributed by atoms with Crippen molar-refractivity contribution in [2.45, 2.75) is 19.4 Å². The maximum Gasteiger partial charge on any atom is 0.320 e. The van der Waals surface area contributed by atoms with Crippen LogP contribution in [0.25, 0.3) is 0 Å². The first-order chi connectivity index (χ1) is 8.93. The molecule has 0 bridgehead atoms. The van der Waals surface area contributed by atoms with E-state index in [0.717, 1.165) is 4.47 Å². The lowest BCUT2D eigenvalue weighted by Gasteiger charge is -2.22. The molecule has 0 aliphatic rings. The van der Waals surface area contributed by atoms with Gasteiger partial charge in [-0.05, 0) is 31.7 Å². The van der Waals surface area contributed by atoms with E-state index >= 15 is 0 Å². The van der Waals surface area contributed by atoms with E-state index in [0.29, 0.717) is 12.1 Å². The number of carbonyl (C=O) groups is 2. The van der Waals surface area contributed by atoms with E-state index in [9.17, 15) is 9.59 Å². The highest BCUT2D eigenvalue weighted by Crippen LogP contribution is 2.15. The quantitative estimate of drug-likeness (QED) is 0.839. The summed E-state index contributed by atoms with van der Waals surface area (Å²) in [4.78, 5) is 24.3. The predicted molar refractivity (Wildman–Crippen MR) is 77.1 cm³/mol. The number of carboxylic acid groups (broad SMARTS) is 1. The lowest BCUT2D eigenvalue weighted by molar-refractivity contribution is -0.143. The molecule has 1 atom stereocenters. The Balaban J connectivity index is 2.58. The minimum atomic E-state index is -0.916. The number of hydrogen-bond donors (Lipinski definition) is 2. The van der Waals surface area contributed by atoms with Crippen molar-refractivity contribution in [3.63, 3.8) is 0 Å². The molecule has 0 heterocycles. The van der Waals surface area contributed by atoms with Crippen molar-refractivity contribution in [1.82, 2.24) is 4.90 Å². The molecule has 1 rings (SSSR count). The minimum absolute atomic E-state index is 0.0390. The van der Waals surface area contributed by atoms with Crippen LogP contribution in [0.3, 0.4) is 0 Å². The third-order valence-corrected chi connectivity index (χ3v) is 3.20. The molecule has 0 aliphatic carbocycles. The highest BCUT2D eigenvalue weighted by molar-refractivity contribution is 9.10. The molecule has 0 aromatic heterocycles. The van der Waals surface area contributed by atoms with Gasteiger partial charge >= 0.3 is 5.97 Å². The number of carbonyl (C=O) groups excluding carboxylic acids is 1. The second-order valence-electron chi connectivity index (χ2n) is 4.24. The summed E-state index contributed by atoms with van der Waals surface area (Å²) >= 11 is 3.32. The van der Waals surface area contributed by atoms with Gasteiger partial charge < -0.3 is 10.4 Å². The molecule has 0 aliphatic heterocycles. The maximum atomic E-state index is 11.8. The van der Waals surface area contributed by atoms with E-state index in [1.807, 2.05) is 12.1 Å². The Morgan fingerprint density at radius 2 is 2.16 bits per heavy atom. The highest BCUT2D eigenvalue weighted by atomic mass is 79.9. The molecule has 0 saturated heterocycles. The first kappa shape index (κ1) is 15.7. The van der Waals surface area contributed by atoms with Crippen molar-refractivity contribution < 1.29 is 14.7 Å². The van der Waals surface area contributed by atoms with Crippen LogP contribution >= 0.6 is 15.9 Å². The van der Waals surface area contributed by atoms with Crippen molar-refractivity contribution in [1.29, 1.82) is 0 Å². The molecule has 1 amide bonds. The molecule has 5 nitrogen and oxygen atoms in total. The Hall–Kier alpha value is -1.40. The molecule has 0 fully saturated rings. The van der Waals surface area contributed by atoms with Crippen LogP contribution in [-0.4, -0.2) is 41.5 Å². The zero-order valence-electron chi connectivity index (χ0n) is 10.9. The summed E-state index contributed by atoms with van der Waals surface area (Å²) < 4.78 is 0.871. The lowest BCUT2D eigenvalue weighted by atomic mass is 10.2. The van der Waals surface area contributed by atoms with Crippen LogP contribution in [0.2, 0.25) is 0 Å². The number of benzene rings is 1. The van der Waals surface area contributed by atoms with Gasteiger partial charge in [0.1, 0.15) is 6.04 Å². The number of hydrogen-bond acceptors (Lipinski definition) is 3. The van der Waals surface area contributed by atoms with Gasteiger partial charge in [-0.25, -0.2) is 0 Å². The second kappa shape index (κ2) is 7.25. The number of likely N-dealkylation sites (N-methyl/N-ethyl adjacent to an activating group) is 1. The summed E-state index contributed by atoms with van der Waals surface area (Å²) in [7, 11) is 1.63. The molecular formula is C13H17BrN2O3. The number of carboxylic acids is 1. The molecule has 1 unspecified atom stereocenters. The molecule has 2 N–H and O–H groups in total. The summed E-state index contributed by atoms with van der Waals surface area (Å²) in [5.74, 6) is -1.15. The molecule has 0 spiro atoms. The molecule has 104 valence electrons. The van der Waals surface area contributed by atoms with Crippen molar-refractivity contribution in [2.24, 2.45) is 0 Å². The summed E-state index contributed by atoms with van der Waals surface area (Å²) in [6.07, 6.45) is 0.454. The minimum Gasteiger partial charge on any atom is -0.480 e. The number of nitrogens with one attached hydrogen (secondary N) is 1. The van der Waals surface area contributed by atoms with Crippen LogP contribution in [-0.2, 0) is 9.59 Å². The highest BCUT2D eigenvalue weighted by Gasteiger charge is 2.22. The van der Waals surface area contributed by atoms with Crippen LogP contribution in [0, 0.1) is 0 Å².